The molecule has 0 spiro atoms. The lowest BCUT2D eigenvalue weighted by atomic mass is 10.0. The lowest BCUT2D eigenvalue weighted by molar-refractivity contribution is 0.252. The summed E-state index contributed by atoms with van der Waals surface area (Å²) >= 11 is 0. The monoisotopic (exact) mass is 376 g/mol. The minimum Gasteiger partial charge on any atom is -0.370 e. The van der Waals surface area contributed by atoms with E-state index in [1.807, 2.05) is 0 Å². The molecule has 0 N–H and O–H groups in total. The van der Waals surface area contributed by atoms with Crippen LogP contribution >= 0.6 is 0 Å². The van der Waals surface area contributed by atoms with E-state index in [9.17, 15) is 8.42 Å². The molecule has 5 heteroatoms. The van der Waals surface area contributed by atoms with Gasteiger partial charge in [-0.3, -0.25) is 0 Å². The predicted octanol–water partition coefficient (Wildman–Crippen LogP) is 6.67. The largest absolute Gasteiger partial charge is 0.448 e. The van der Waals surface area contributed by atoms with Crippen LogP contribution in [0.2, 0.25) is 0 Å². The van der Waals surface area contributed by atoms with Gasteiger partial charge in [0.25, 0.3) is 0 Å². The summed E-state index contributed by atoms with van der Waals surface area (Å²) < 4.78 is 31.1. The Hall–Kier alpha value is -0.550. The molecule has 0 aromatic carbocycles. The highest BCUT2D eigenvalue weighted by molar-refractivity contribution is 7.81. The quantitative estimate of drug-likeness (QED) is 0.176. The van der Waals surface area contributed by atoms with Crippen molar-refractivity contribution >= 4 is 10.4 Å². The second-order valence-corrected chi connectivity index (χ2v) is 8.04. The first-order chi connectivity index (χ1) is 12.1. The van der Waals surface area contributed by atoms with Crippen molar-refractivity contribution in [1.82, 2.24) is 0 Å². The van der Waals surface area contributed by atoms with Gasteiger partial charge in [-0.1, -0.05) is 110 Å². The average molecular weight is 377 g/mol. The first kappa shape index (κ1) is 24.5. The van der Waals surface area contributed by atoms with Crippen LogP contribution in [0.5, 0.6) is 0 Å². The Morgan fingerprint density at radius 1 is 0.680 bits per heavy atom. The van der Waals surface area contributed by atoms with Gasteiger partial charge in [-0.05, 0) is 6.42 Å². The third kappa shape index (κ3) is 19.6. The van der Waals surface area contributed by atoms with Gasteiger partial charge in [-0.25, -0.2) is 4.18 Å². The van der Waals surface area contributed by atoms with Crippen molar-refractivity contribution in [2.75, 3.05) is 6.61 Å². The number of hydrogen-bond donors (Lipinski definition) is 0. The van der Waals surface area contributed by atoms with Gasteiger partial charge in [0.15, 0.2) is 0 Å². The van der Waals surface area contributed by atoms with E-state index in [0.717, 1.165) is 25.5 Å². The third-order valence-electron chi connectivity index (χ3n) is 4.41. The van der Waals surface area contributed by atoms with Gasteiger partial charge < -0.3 is 4.18 Å². The van der Waals surface area contributed by atoms with Gasteiger partial charge in [0.1, 0.15) is 6.26 Å². The van der Waals surface area contributed by atoms with E-state index in [0.29, 0.717) is 0 Å². The van der Waals surface area contributed by atoms with Crippen molar-refractivity contribution in [2.45, 2.75) is 110 Å². The third-order valence-corrected chi connectivity index (χ3v) is 5.24. The van der Waals surface area contributed by atoms with Gasteiger partial charge in [0.05, 0.1) is 6.61 Å². The first-order valence-electron chi connectivity index (χ1n) is 10.3. The maximum atomic E-state index is 11.1. The fraction of sp³-hybridized carbons (Fsp3) is 0.900. The molecule has 0 unspecified atom stereocenters. The molecule has 0 atom stereocenters. The Labute approximate surface area is 156 Å². The smallest absolute Gasteiger partial charge is 0.370 e. The van der Waals surface area contributed by atoms with Gasteiger partial charge in [-0.15, -0.1) is 0 Å². The molecule has 0 saturated heterocycles. The van der Waals surface area contributed by atoms with E-state index in [1.165, 1.54) is 83.5 Å². The standard InChI is InChI=1S/C20H40O4S/c1-3-5-6-7-8-9-10-11-12-13-14-15-16-17-18-19-20-24-25(21,22)23-4-2/h4H,2-3,5-20H2,1H3. The second kappa shape index (κ2) is 18.2. The predicted molar refractivity (Wildman–Crippen MR) is 106 cm³/mol. The Morgan fingerprint density at radius 3 is 1.40 bits per heavy atom. The number of rotatable bonds is 20. The van der Waals surface area contributed by atoms with E-state index < -0.39 is 10.4 Å². The van der Waals surface area contributed by atoms with Gasteiger partial charge in [0, 0.05) is 0 Å². The molecule has 0 radical (unpaired) electrons. The fourth-order valence-electron chi connectivity index (χ4n) is 2.92. The van der Waals surface area contributed by atoms with Crippen LogP contribution < -0.4 is 0 Å². The lowest BCUT2D eigenvalue weighted by Crippen LogP contribution is -2.07. The summed E-state index contributed by atoms with van der Waals surface area (Å²) in [5.74, 6) is 0. The maximum absolute atomic E-state index is 11.1. The lowest BCUT2D eigenvalue weighted by Gasteiger charge is -2.04. The summed E-state index contributed by atoms with van der Waals surface area (Å²) in [6.45, 7) is 5.65. The Kier molecular flexibility index (Phi) is 17.8. The number of hydrogen-bond acceptors (Lipinski definition) is 4. The minimum atomic E-state index is -3.87. The molecular weight excluding hydrogens is 336 g/mol. The molecule has 0 amide bonds. The van der Waals surface area contributed by atoms with Gasteiger partial charge >= 0.3 is 10.4 Å². The molecule has 0 bridgehead atoms. The van der Waals surface area contributed by atoms with Crippen molar-refractivity contribution in [2.24, 2.45) is 0 Å². The highest BCUT2D eigenvalue weighted by Crippen LogP contribution is 2.13. The summed E-state index contributed by atoms with van der Waals surface area (Å²) in [5, 5.41) is 0. The molecule has 150 valence electrons. The van der Waals surface area contributed by atoms with Crippen molar-refractivity contribution in [3.63, 3.8) is 0 Å². The Bertz CT molecular complexity index is 379. The first-order valence-corrected chi connectivity index (χ1v) is 11.6. The SMILES string of the molecule is C=COS(=O)(=O)OCCCCCCCCCCCCCCCCCC. The van der Waals surface area contributed by atoms with Gasteiger partial charge in [0.2, 0.25) is 0 Å². The molecule has 0 aliphatic carbocycles. The summed E-state index contributed by atoms with van der Waals surface area (Å²) in [7, 11) is -3.87. The van der Waals surface area contributed by atoms with Crippen molar-refractivity contribution in [3.05, 3.63) is 12.8 Å². The van der Waals surface area contributed by atoms with Crippen molar-refractivity contribution in [1.29, 1.82) is 0 Å². The second-order valence-electron chi connectivity index (χ2n) is 6.80. The highest BCUT2D eigenvalue weighted by Gasteiger charge is 2.08. The van der Waals surface area contributed by atoms with Crippen LogP contribution in [0.15, 0.2) is 12.8 Å². The highest BCUT2D eigenvalue weighted by atomic mass is 32.3. The molecule has 0 saturated carbocycles. The fourth-order valence-corrected chi connectivity index (χ4v) is 3.47. The van der Waals surface area contributed by atoms with Gasteiger partial charge in [-0.2, -0.15) is 8.42 Å². The van der Waals surface area contributed by atoms with Crippen molar-refractivity contribution in [3.8, 4) is 0 Å². The van der Waals surface area contributed by atoms with E-state index in [-0.39, 0.29) is 6.61 Å². The van der Waals surface area contributed by atoms with Crippen LogP contribution in [0.1, 0.15) is 110 Å². The summed E-state index contributed by atoms with van der Waals surface area (Å²) in [5.41, 5.74) is 0. The van der Waals surface area contributed by atoms with E-state index >= 15 is 0 Å². The molecule has 0 rings (SSSR count). The molecule has 0 aliphatic rings. The van der Waals surface area contributed by atoms with E-state index in [1.54, 1.807) is 0 Å². The van der Waals surface area contributed by atoms with Crippen LogP contribution in [-0.2, 0) is 18.8 Å². The van der Waals surface area contributed by atoms with E-state index in [4.69, 9.17) is 0 Å². The normalized spacial score (nSPS) is 11.6. The number of unbranched alkanes of at least 4 members (excludes halogenated alkanes) is 15. The van der Waals surface area contributed by atoms with Crippen LogP contribution in [-0.4, -0.2) is 15.0 Å². The zero-order valence-corrected chi connectivity index (χ0v) is 17.2. The zero-order valence-electron chi connectivity index (χ0n) is 16.3. The van der Waals surface area contributed by atoms with Crippen LogP contribution in [0.4, 0.5) is 0 Å². The molecule has 0 aromatic rings. The molecule has 4 nitrogen and oxygen atoms in total. The summed E-state index contributed by atoms with van der Waals surface area (Å²) in [6.07, 6.45) is 21.5. The zero-order chi connectivity index (χ0) is 18.6. The molecule has 0 aliphatic heterocycles. The molecule has 0 aromatic heterocycles. The summed E-state index contributed by atoms with van der Waals surface area (Å²) in [4.78, 5) is 0. The molecule has 25 heavy (non-hydrogen) atoms. The average Bonchev–Trinajstić information content (AvgIpc) is 2.57. The Balaban J connectivity index is 3.13. The van der Waals surface area contributed by atoms with Crippen LogP contribution in [0.25, 0.3) is 0 Å². The van der Waals surface area contributed by atoms with E-state index in [2.05, 4.69) is 21.9 Å². The van der Waals surface area contributed by atoms with Crippen LogP contribution in [0, 0.1) is 0 Å². The maximum Gasteiger partial charge on any atom is 0.448 e. The molecule has 0 fully saturated rings. The van der Waals surface area contributed by atoms with Crippen molar-refractivity contribution < 1.29 is 16.8 Å². The Morgan fingerprint density at radius 2 is 1.04 bits per heavy atom. The summed E-state index contributed by atoms with van der Waals surface area (Å²) in [6, 6.07) is 0. The van der Waals surface area contributed by atoms with Crippen LogP contribution in [0.3, 0.4) is 0 Å². The molecule has 0 heterocycles. The topological polar surface area (TPSA) is 52.6 Å². The minimum absolute atomic E-state index is 0.189. The molecular formula is C20H40O4S.